The largest absolute Gasteiger partial charge is 0.497 e. The minimum Gasteiger partial charge on any atom is -0.497 e. The van der Waals surface area contributed by atoms with Gasteiger partial charge in [0.05, 0.1) is 7.11 Å². The fourth-order valence-corrected chi connectivity index (χ4v) is 2.78. The van der Waals surface area contributed by atoms with Crippen LogP contribution in [0.5, 0.6) is 5.75 Å². The normalized spacial score (nSPS) is 15.3. The van der Waals surface area contributed by atoms with Gasteiger partial charge in [-0.3, -0.25) is 4.79 Å². The maximum absolute atomic E-state index is 12.3. The number of amides is 2. The van der Waals surface area contributed by atoms with E-state index in [1.807, 2.05) is 26.8 Å². The Bertz CT molecular complexity index is 782. The summed E-state index contributed by atoms with van der Waals surface area (Å²) in [6.07, 6.45) is 2.53. The predicted octanol–water partition coefficient (Wildman–Crippen LogP) is 3.03. The van der Waals surface area contributed by atoms with Gasteiger partial charge in [-0.2, -0.15) is 5.26 Å². The quantitative estimate of drug-likeness (QED) is 0.582. The minimum absolute atomic E-state index is 0.0182. The Morgan fingerprint density at radius 3 is 2.34 bits per heavy atom. The van der Waals surface area contributed by atoms with Crippen molar-refractivity contribution >= 4 is 17.7 Å². The highest BCUT2D eigenvalue weighted by Gasteiger charge is 2.26. The summed E-state index contributed by atoms with van der Waals surface area (Å²) >= 11 is 0. The molecule has 8 heteroatoms. The molecule has 2 rings (SSSR count). The molecule has 0 spiro atoms. The van der Waals surface area contributed by atoms with Crippen LogP contribution < -0.4 is 15.4 Å². The van der Waals surface area contributed by atoms with Crippen LogP contribution in [0.25, 0.3) is 0 Å². The third kappa shape index (κ3) is 7.03. The van der Waals surface area contributed by atoms with E-state index in [0.29, 0.717) is 37.4 Å². The first-order chi connectivity index (χ1) is 13.7. The molecular weight excluding hydrogens is 372 g/mol. The van der Waals surface area contributed by atoms with Gasteiger partial charge in [-0.05, 0) is 57.9 Å². The second kappa shape index (κ2) is 9.82. The molecule has 156 valence electrons. The summed E-state index contributed by atoms with van der Waals surface area (Å²) in [7, 11) is 1.56. The van der Waals surface area contributed by atoms with E-state index in [1.54, 1.807) is 36.3 Å². The Labute approximate surface area is 171 Å². The van der Waals surface area contributed by atoms with Gasteiger partial charge in [0.25, 0.3) is 5.91 Å². The summed E-state index contributed by atoms with van der Waals surface area (Å²) in [6, 6.07) is 8.84. The van der Waals surface area contributed by atoms with Gasteiger partial charge in [0.15, 0.2) is 0 Å². The molecule has 1 aromatic rings. The molecule has 0 atom stereocenters. The molecular formula is C21H28N4O4. The lowest BCUT2D eigenvalue weighted by Gasteiger charge is -2.33. The number of anilines is 1. The maximum atomic E-state index is 12.3. The monoisotopic (exact) mass is 400 g/mol. The first-order valence-corrected chi connectivity index (χ1v) is 9.51. The average Bonchev–Trinajstić information content (AvgIpc) is 2.68. The van der Waals surface area contributed by atoms with Gasteiger partial charge in [0.1, 0.15) is 23.0 Å². The molecule has 0 saturated carbocycles. The number of likely N-dealkylation sites (tertiary alicyclic amines) is 1. The first-order valence-electron chi connectivity index (χ1n) is 9.51. The highest BCUT2D eigenvalue weighted by atomic mass is 16.6. The molecule has 29 heavy (non-hydrogen) atoms. The van der Waals surface area contributed by atoms with E-state index in [9.17, 15) is 14.9 Å². The Balaban J connectivity index is 1.85. The molecule has 0 radical (unpaired) electrons. The zero-order chi connectivity index (χ0) is 21.4. The molecule has 2 amide bonds. The molecule has 0 aromatic heterocycles. The minimum atomic E-state index is -0.520. The van der Waals surface area contributed by atoms with Gasteiger partial charge in [-0.1, -0.05) is 0 Å². The number of hydrogen-bond acceptors (Lipinski definition) is 6. The van der Waals surface area contributed by atoms with Crippen LogP contribution in [0.3, 0.4) is 0 Å². The molecule has 0 bridgehead atoms. The Morgan fingerprint density at radius 1 is 1.21 bits per heavy atom. The van der Waals surface area contributed by atoms with Crippen molar-refractivity contribution in [2.45, 2.75) is 45.3 Å². The lowest BCUT2D eigenvalue weighted by molar-refractivity contribution is -0.112. The number of piperidine rings is 1. The third-order valence-corrected chi connectivity index (χ3v) is 4.32. The summed E-state index contributed by atoms with van der Waals surface area (Å²) in [5.41, 5.74) is 0.0337. The number of nitrogens with one attached hydrogen (secondary N) is 2. The second-order valence-corrected chi connectivity index (χ2v) is 7.76. The highest BCUT2D eigenvalue weighted by molar-refractivity contribution is 6.06. The number of carbonyl (C=O) groups excluding carboxylic acids is 2. The van der Waals surface area contributed by atoms with Crippen LogP contribution in [0.2, 0.25) is 0 Å². The van der Waals surface area contributed by atoms with Crippen molar-refractivity contribution < 1.29 is 19.1 Å². The number of hydrogen-bond donors (Lipinski definition) is 2. The molecule has 1 fully saturated rings. The molecule has 2 N–H and O–H groups in total. The van der Waals surface area contributed by atoms with E-state index < -0.39 is 11.5 Å². The van der Waals surface area contributed by atoms with E-state index >= 15 is 0 Å². The van der Waals surface area contributed by atoms with Crippen LogP contribution in [-0.4, -0.2) is 48.7 Å². The predicted molar refractivity (Wildman–Crippen MR) is 109 cm³/mol. The van der Waals surface area contributed by atoms with E-state index in [1.165, 1.54) is 6.20 Å². The maximum Gasteiger partial charge on any atom is 0.410 e. The number of rotatable bonds is 5. The summed E-state index contributed by atoms with van der Waals surface area (Å²) < 4.78 is 10.5. The number of carbonyl (C=O) groups is 2. The Morgan fingerprint density at radius 2 is 1.83 bits per heavy atom. The van der Waals surface area contributed by atoms with Crippen molar-refractivity contribution in [3.63, 3.8) is 0 Å². The molecule has 1 heterocycles. The molecule has 1 aliphatic rings. The Hall–Kier alpha value is -3.21. The number of ether oxygens (including phenoxy) is 2. The smallest absolute Gasteiger partial charge is 0.410 e. The average molecular weight is 400 g/mol. The number of nitriles is 1. The molecule has 0 unspecified atom stereocenters. The topological polar surface area (TPSA) is 104 Å². The lowest BCUT2D eigenvalue weighted by atomic mass is 10.1. The van der Waals surface area contributed by atoms with Crippen molar-refractivity contribution in [3.8, 4) is 11.8 Å². The van der Waals surface area contributed by atoms with E-state index in [0.717, 1.165) is 0 Å². The number of methoxy groups -OCH3 is 1. The molecule has 1 aromatic carbocycles. The molecule has 8 nitrogen and oxygen atoms in total. The second-order valence-electron chi connectivity index (χ2n) is 7.76. The van der Waals surface area contributed by atoms with E-state index in [2.05, 4.69) is 10.6 Å². The molecule has 0 aliphatic carbocycles. The van der Waals surface area contributed by atoms with Crippen LogP contribution in [0.4, 0.5) is 10.5 Å². The van der Waals surface area contributed by atoms with Crippen LogP contribution >= 0.6 is 0 Å². The zero-order valence-electron chi connectivity index (χ0n) is 17.3. The van der Waals surface area contributed by atoms with Gasteiger partial charge < -0.3 is 25.0 Å². The first kappa shape index (κ1) is 22.1. The van der Waals surface area contributed by atoms with Gasteiger partial charge in [-0.25, -0.2) is 4.79 Å². The van der Waals surface area contributed by atoms with Gasteiger partial charge in [0, 0.05) is 31.0 Å². The van der Waals surface area contributed by atoms with Gasteiger partial charge in [-0.15, -0.1) is 0 Å². The van der Waals surface area contributed by atoms with Crippen LogP contribution in [0.15, 0.2) is 36.0 Å². The fourth-order valence-electron chi connectivity index (χ4n) is 2.78. The SMILES string of the molecule is COc1ccc(NC(=O)/C(C#N)=C\NC2CCN(C(=O)OC(C)(C)C)CC2)cc1. The van der Waals surface area contributed by atoms with Crippen LogP contribution in [0, 0.1) is 11.3 Å². The fraction of sp³-hybridized carbons (Fsp3) is 0.476. The number of benzene rings is 1. The third-order valence-electron chi connectivity index (χ3n) is 4.32. The van der Waals surface area contributed by atoms with Crippen LogP contribution in [0.1, 0.15) is 33.6 Å². The van der Waals surface area contributed by atoms with Crippen molar-refractivity contribution in [3.05, 3.63) is 36.0 Å². The zero-order valence-corrected chi connectivity index (χ0v) is 17.3. The molecule has 1 aliphatic heterocycles. The summed E-state index contributed by atoms with van der Waals surface area (Å²) in [6.45, 7) is 6.62. The van der Waals surface area contributed by atoms with Gasteiger partial charge >= 0.3 is 6.09 Å². The number of nitrogens with zero attached hydrogens (tertiary/aromatic N) is 2. The molecule has 1 saturated heterocycles. The van der Waals surface area contributed by atoms with Gasteiger partial charge in [0.2, 0.25) is 0 Å². The van der Waals surface area contributed by atoms with Crippen molar-refractivity contribution in [1.82, 2.24) is 10.2 Å². The van der Waals surface area contributed by atoms with Crippen molar-refractivity contribution in [2.24, 2.45) is 0 Å². The summed E-state index contributed by atoms with van der Waals surface area (Å²) in [5, 5.41) is 15.1. The lowest BCUT2D eigenvalue weighted by Crippen LogP contribution is -2.45. The standard InChI is InChI=1S/C21H28N4O4/c1-21(2,3)29-20(27)25-11-9-16(10-12-25)23-14-15(13-22)19(26)24-17-5-7-18(28-4)8-6-17/h5-8,14,16,23H,9-12H2,1-4H3,(H,24,26)/b15-14-. The van der Waals surface area contributed by atoms with E-state index in [4.69, 9.17) is 9.47 Å². The highest BCUT2D eigenvalue weighted by Crippen LogP contribution is 2.17. The summed E-state index contributed by atoms with van der Waals surface area (Å²) in [5.74, 6) is 0.190. The van der Waals surface area contributed by atoms with Crippen LogP contribution in [-0.2, 0) is 9.53 Å². The van der Waals surface area contributed by atoms with Crippen molar-refractivity contribution in [1.29, 1.82) is 5.26 Å². The van der Waals surface area contributed by atoms with Crippen molar-refractivity contribution in [2.75, 3.05) is 25.5 Å². The summed E-state index contributed by atoms with van der Waals surface area (Å²) in [4.78, 5) is 26.1. The van der Waals surface area contributed by atoms with E-state index in [-0.39, 0.29) is 17.7 Å². The Kier molecular flexibility index (Phi) is 7.48.